The van der Waals surface area contributed by atoms with E-state index in [0.717, 1.165) is 43.0 Å². The van der Waals surface area contributed by atoms with Crippen LogP contribution in [0, 0.1) is 0 Å². The van der Waals surface area contributed by atoms with Gasteiger partial charge < -0.3 is 24.9 Å². The molecule has 0 spiro atoms. The minimum absolute atomic E-state index is 0.179. The maximum atomic E-state index is 14.0. The molecule has 0 saturated carbocycles. The number of likely N-dealkylation sites (tertiary alicyclic amines) is 2. The number of hydrogen-bond acceptors (Lipinski definition) is 6. The third kappa shape index (κ3) is 7.60. The van der Waals surface area contributed by atoms with Gasteiger partial charge in [0.2, 0.25) is 17.7 Å². The van der Waals surface area contributed by atoms with E-state index in [4.69, 9.17) is 16.0 Å². The minimum atomic E-state index is -0.924. The molecule has 6 rings (SSSR count). The molecule has 2 saturated heterocycles. The summed E-state index contributed by atoms with van der Waals surface area (Å²) < 4.78 is 5.79. The second-order valence-electron chi connectivity index (χ2n) is 12.4. The molecular weight excluding hydrogens is 632 g/mol. The first-order valence-corrected chi connectivity index (χ1v) is 16.6. The third-order valence-corrected chi connectivity index (χ3v) is 9.31. The van der Waals surface area contributed by atoms with Crippen LogP contribution in [0.3, 0.4) is 0 Å². The van der Waals surface area contributed by atoms with Gasteiger partial charge in [-0.25, -0.2) is 0 Å². The molecule has 1 atom stereocenters. The van der Waals surface area contributed by atoms with Crippen molar-refractivity contribution in [1.29, 1.82) is 0 Å². The van der Waals surface area contributed by atoms with Gasteiger partial charge in [-0.05, 0) is 72.2 Å². The Balaban J connectivity index is 1.18. The lowest BCUT2D eigenvalue weighted by molar-refractivity contribution is -0.134. The van der Waals surface area contributed by atoms with Crippen LogP contribution in [0.15, 0.2) is 82.0 Å². The monoisotopic (exact) mass is 668 g/mol. The molecule has 4 amide bonds. The van der Waals surface area contributed by atoms with Gasteiger partial charge in [-0.15, -0.1) is 0 Å². The normalized spacial score (nSPS) is 15.8. The lowest BCUT2D eigenvalue weighted by Gasteiger charge is -2.35. The number of nitrogens with one attached hydrogen (secondary N) is 2. The lowest BCUT2D eigenvalue weighted by atomic mass is 9.86. The van der Waals surface area contributed by atoms with Crippen molar-refractivity contribution < 1.29 is 23.6 Å². The molecule has 3 heterocycles. The van der Waals surface area contributed by atoms with Gasteiger partial charge in [0.15, 0.2) is 11.2 Å². The Morgan fingerprint density at radius 2 is 1.71 bits per heavy atom. The average Bonchev–Trinajstić information content (AvgIpc) is 3.49. The van der Waals surface area contributed by atoms with Crippen LogP contribution in [0.4, 0.5) is 5.69 Å². The van der Waals surface area contributed by atoms with Gasteiger partial charge in [0.25, 0.3) is 5.91 Å². The summed E-state index contributed by atoms with van der Waals surface area (Å²) in [4.78, 5) is 67.9. The molecule has 0 bridgehead atoms. The van der Waals surface area contributed by atoms with Crippen LogP contribution in [0.1, 0.15) is 65.8 Å². The van der Waals surface area contributed by atoms with Gasteiger partial charge in [0, 0.05) is 62.7 Å². The van der Waals surface area contributed by atoms with E-state index in [1.54, 1.807) is 23.1 Å². The van der Waals surface area contributed by atoms with E-state index in [1.165, 1.54) is 24.6 Å². The van der Waals surface area contributed by atoms with Crippen molar-refractivity contribution in [1.82, 2.24) is 15.1 Å². The lowest BCUT2D eigenvalue weighted by Crippen LogP contribution is -2.51. The van der Waals surface area contributed by atoms with Crippen molar-refractivity contribution in [3.63, 3.8) is 0 Å². The van der Waals surface area contributed by atoms with E-state index >= 15 is 0 Å². The van der Waals surface area contributed by atoms with Gasteiger partial charge in [0.05, 0.1) is 5.39 Å². The molecule has 0 aliphatic carbocycles. The number of piperidine rings is 1. The Kier molecular flexibility index (Phi) is 9.91. The zero-order chi connectivity index (χ0) is 33.8. The number of benzene rings is 3. The summed E-state index contributed by atoms with van der Waals surface area (Å²) in [6, 6.07) is 20.1. The molecule has 248 valence electrons. The molecule has 11 heteroatoms. The zero-order valence-electron chi connectivity index (χ0n) is 26.7. The van der Waals surface area contributed by atoms with Crippen LogP contribution in [0.2, 0.25) is 5.02 Å². The minimum Gasteiger partial charge on any atom is -0.451 e. The average molecular weight is 669 g/mol. The molecular formula is C37H37ClN4O6. The second-order valence-corrected chi connectivity index (χ2v) is 12.9. The predicted octanol–water partition coefficient (Wildman–Crippen LogP) is 5.27. The molecule has 10 nitrogen and oxygen atoms in total. The summed E-state index contributed by atoms with van der Waals surface area (Å²) >= 11 is 6.10. The molecule has 2 aliphatic heterocycles. The van der Waals surface area contributed by atoms with Gasteiger partial charge in [0.1, 0.15) is 11.6 Å². The van der Waals surface area contributed by atoms with Crippen molar-refractivity contribution in [2.24, 2.45) is 0 Å². The molecule has 48 heavy (non-hydrogen) atoms. The molecule has 4 aromatic rings. The van der Waals surface area contributed by atoms with Crippen LogP contribution in [-0.4, -0.2) is 59.1 Å². The molecule has 0 unspecified atom stereocenters. The molecule has 3 aromatic carbocycles. The van der Waals surface area contributed by atoms with E-state index in [2.05, 4.69) is 22.8 Å². The summed E-state index contributed by atoms with van der Waals surface area (Å²) in [5.74, 6) is -0.984. The van der Waals surface area contributed by atoms with E-state index < -0.39 is 17.4 Å². The number of carbonyl (C=O) groups excluding carboxylic acids is 4. The molecule has 2 fully saturated rings. The topological polar surface area (TPSA) is 129 Å². The number of carbonyl (C=O) groups is 4. The first kappa shape index (κ1) is 33.0. The van der Waals surface area contributed by atoms with E-state index in [0.29, 0.717) is 36.8 Å². The fourth-order valence-electron chi connectivity index (χ4n) is 6.62. The molecule has 1 aromatic heterocycles. The highest BCUT2D eigenvalue weighted by molar-refractivity contribution is 6.30. The van der Waals surface area contributed by atoms with Crippen molar-refractivity contribution >= 4 is 51.9 Å². The maximum Gasteiger partial charge on any atom is 0.287 e. The Bertz CT molecular complexity index is 1920. The number of fused-ring (bicyclic) bond motifs is 1. The van der Waals surface area contributed by atoms with E-state index in [9.17, 15) is 24.0 Å². The van der Waals surface area contributed by atoms with Gasteiger partial charge in [-0.3, -0.25) is 24.0 Å². The first-order valence-electron chi connectivity index (χ1n) is 16.2. The van der Waals surface area contributed by atoms with Gasteiger partial charge in [-0.2, -0.15) is 0 Å². The van der Waals surface area contributed by atoms with Gasteiger partial charge >= 0.3 is 0 Å². The number of halogens is 1. The standard InChI is InChI=1S/C37H37ClN4O6/c1-23(43)39-28-12-13-33-30(20-28)32(44)21-34(48-33)36(46)40-31(19-24-8-10-27(38)11-9-24)37(47)41-17-14-25(15-18-41)29-6-3-2-5-26(29)22-42-16-4-7-35(42)45/h2-3,5-6,8-13,20-21,25,31H,4,7,14-19,22H2,1H3,(H,39,43)(H,40,46)/t31-/m1/s1. The number of amides is 4. The summed E-state index contributed by atoms with van der Waals surface area (Å²) in [6.07, 6.45) is 3.20. The highest BCUT2D eigenvalue weighted by Crippen LogP contribution is 2.32. The van der Waals surface area contributed by atoms with Crippen LogP contribution in [0.25, 0.3) is 11.0 Å². The summed E-state index contributed by atoms with van der Waals surface area (Å²) in [7, 11) is 0. The maximum absolute atomic E-state index is 14.0. The largest absolute Gasteiger partial charge is 0.451 e. The van der Waals surface area contributed by atoms with Gasteiger partial charge in [-0.1, -0.05) is 48.0 Å². The van der Waals surface area contributed by atoms with E-state index in [-0.39, 0.29) is 46.8 Å². The Morgan fingerprint density at radius 3 is 2.42 bits per heavy atom. The number of rotatable bonds is 9. The van der Waals surface area contributed by atoms with Crippen LogP contribution in [-0.2, 0) is 27.3 Å². The van der Waals surface area contributed by atoms with Crippen molar-refractivity contribution in [3.05, 3.63) is 110 Å². The number of anilines is 1. The smallest absolute Gasteiger partial charge is 0.287 e. The van der Waals surface area contributed by atoms with Crippen molar-refractivity contribution in [2.45, 2.75) is 57.5 Å². The Morgan fingerprint density at radius 1 is 0.958 bits per heavy atom. The zero-order valence-corrected chi connectivity index (χ0v) is 27.4. The molecule has 2 aliphatic rings. The summed E-state index contributed by atoms with van der Waals surface area (Å²) in [6.45, 7) is 3.77. The van der Waals surface area contributed by atoms with Crippen molar-refractivity contribution in [2.75, 3.05) is 25.0 Å². The van der Waals surface area contributed by atoms with Crippen LogP contribution >= 0.6 is 11.6 Å². The van der Waals surface area contributed by atoms with Crippen LogP contribution in [0.5, 0.6) is 0 Å². The number of hydrogen-bond donors (Lipinski definition) is 2. The number of nitrogens with zero attached hydrogens (tertiary/aromatic N) is 2. The summed E-state index contributed by atoms with van der Waals surface area (Å²) in [5, 5.41) is 6.22. The quantitative estimate of drug-likeness (QED) is 0.250. The van der Waals surface area contributed by atoms with E-state index in [1.807, 2.05) is 29.2 Å². The molecule has 0 radical (unpaired) electrons. The SMILES string of the molecule is CC(=O)Nc1ccc2oc(C(=O)N[C@H](Cc3ccc(Cl)cc3)C(=O)N3CCC(c4ccccc4CN4CCCC4=O)CC3)cc(=O)c2c1. The highest BCUT2D eigenvalue weighted by Gasteiger charge is 2.32. The molecule has 2 N–H and O–H groups in total. The second kappa shape index (κ2) is 14.4. The third-order valence-electron chi connectivity index (χ3n) is 9.06. The first-order chi connectivity index (χ1) is 23.1. The Hall–Kier alpha value is -4.96. The fraction of sp³-hybridized carbons (Fsp3) is 0.324. The fourth-order valence-corrected chi connectivity index (χ4v) is 6.75. The highest BCUT2D eigenvalue weighted by atomic mass is 35.5. The Labute approximate surface area is 283 Å². The summed E-state index contributed by atoms with van der Waals surface area (Å²) in [5.41, 5.74) is 3.33. The van der Waals surface area contributed by atoms with Crippen LogP contribution < -0.4 is 16.1 Å². The van der Waals surface area contributed by atoms with Crippen molar-refractivity contribution in [3.8, 4) is 0 Å². The predicted molar refractivity (Wildman–Crippen MR) is 183 cm³/mol.